The van der Waals surface area contributed by atoms with Crippen LogP contribution in [0.1, 0.15) is 29.9 Å². The van der Waals surface area contributed by atoms with E-state index in [4.69, 9.17) is 9.47 Å². The summed E-state index contributed by atoms with van der Waals surface area (Å²) in [6.07, 6.45) is 1.85. The van der Waals surface area contributed by atoms with Crippen molar-refractivity contribution in [3.8, 4) is 5.75 Å². The molecule has 2 aromatic rings. The Bertz CT molecular complexity index is 1160. The summed E-state index contributed by atoms with van der Waals surface area (Å²) < 4.78 is 30.4. The molecular weight excluding hydrogens is 459 g/mol. The van der Waals surface area contributed by atoms with Crippen LogP contribution in [0.5, 0.6) is 5.75 Å². The van der Waals surface area contributed by atoms with Crippen LogP contribution in [0.2, 0.25) is 0 Å². The lowest BCUT2D eigenvalue weighted by atomic mass is 9.86. The Morgan fingerprint density at radius 3 is 2.71 bits per heavy atom. The van der Waals surface area contributed by atoms with Crippen molar-refractivity contribution in [1.82, 2.24) is 14.2 Å². The third-order valence-corrected chi connectivity index (χ3v) is 7.94. The zero-order valence-corrected chi connectivity index (χ0v) is 20.6. The Morgan fingerprint density at radius 1 is 1.26 bits per heavy atom. The molecule has 182 valence electrons. The Labute approximate surface area is 202 Å². The number of carbonyl (C=O) groups is 2. The van der Waals surface area contributed by atoms with E-state index in [-0.39, 0.29) is 29.1 Å². The number of likely N-dealkylation sites (tertiary alicyclic amines) is 1. The third-order valence-electron chi connectivity index (χ3n) is 7.03. The molecule has 0 aliphatic carbocycles. The summed E-state index contributed by atoms with van der Waals surface area (Å²) in [4.78, 5) is 28.9. The number of nitrogens with one attached hydrogen (secondary N) is 2. The van der Waals surface area contributed by atoms with Crippen LogP contribution in [0, 0.1) is 23.6 Å². The summed E-state index contributed by atoms with van der Waals surface area (Å²) >= 11 is 1.41. The molecule has 0 unspecified atom stereocenters. The van der Waals surface area contributed by atoms with Gasteiger partial charge >= 0.3 is 0 Å². The average Bonchev–Trinajstić information content (AvgIpc) is 3.26. The number of rotatable bonds is 3. The topological polar surface area (TPSA) is 84.8 Å². The molecule has 2 amide bonds. The van der Waals surface area contributed by atoms with Gasteiger partial charge in [-0.2, -0.15) is 0 Å². The summed E-state index contributed by atoms with van der Waals surface area (Å²) in [5, 5.41) is 2.85. The minimum atomic E-state index is -0.446. The first-order chi connectivity index (χ1) is 16.1. The Hall–Kier alpha value is -2.56. The quantitative estimate of drug-likeness (QED) is 0.647. The standard InChI is InChI=1S/C24H29FN4O4S/c1-14-7-15(5-6-16(14)25)26-21(30)19-20-17(8-28(19)4)34-27-18-9-29(10-23(18,2)13-33-20)22(31)24(3)11-32-12-24/h5-8,18,27H,9-13H2,1-4H3,(H,26,30)/t18-,23-/m1/s1. The fourth-order valence-electron chi connectivity index (χ4n) is 4.78. The van der Waals surface area contributed by atoms with Gasteiger partial charge in [0.05, 0.1) is 30.1 Å². The number of amides is 2. The van der Waals surface area contributed by atoms with E-state index in [2.05, 4.69) is 17.0 Å². The zero-order chi connectivity index (χ0) is 24.3. The maximum atomic E-state index is 13.6. The number of nitrogens with zero attached hydrogens (tertiary/aromatic N) is 2. The van der Waals surface area contributed by atoms with Crippen LogP contribution >= 0.6 is 11.9 Å². The van der Waals surface area contributed by atoms with E-state index in [1.165, 1.54) is 24.1 Å². The van der Waals surface area contributed by atoms with Crippen LogP contribution in [-0.2, 0) is 16.6 Å². The first-order valence-electron chi connectivity index (χ1n) is 11.3. The number of ether oxygens (including phenoxy) is 2. The Kier molecular flexibility index (Phi) is 5.65. The van der Waals surface area contributed by atoms with E-state index >= 15 is 0 Å². The first kappa shape index (κ1) is 23.2. The molecule has 2 saturated heterocycles. The van der Waals surface area contributed by atoms with Crippen molar-refractivity contribution >= 4 is 29.4 Å². The normalized spacial score (nSPS) is 25.3. The molecule has 4 heterocycles. The van der Waals surface area contributed by atoms with Gasteiger partial charge in [-0.05, 0) is 49.6 Å². The molecule has 0 spiro atoms. The number of fused-ring (bicyclic) bond motifs is 2. The van der Waals surface area contributed by atoms with Crippen molar-refractivity contribution in [3.05, 3.63) is 41.5 Å². The van der Waals surface area contributed by atoms with Gasteiger partial charge in [-0.1, -0.05) is 6.92 Å². The number of anilines is 1. The molecule has 2 N–H and O–H groups in total. The van der Waals surface area contributed by atoms with Gasteiger partial charge in [-0.3, -0.25) is 14.3 Å². The predicted octanol–water partition coefficient (Wildman–Crippen LogP) is 2.97. The largest absolute Gasteiger partial charge is 0.489 e. The third kappa shape index (κ3) is 3.87. The van der Waals surface area contributed by atoms with Crippen molar-refractivity contribution < 1.29 is 23.5 Å². The van der Waals surface area contributed by atoms with Gasteiger partial charge in [0.25, 0.3) is 5.91 Å². The fraction of sp³-hybridized carbons (Fsp3) is 0.500. The number of halogens is 1. The number of aryl methyl sites for hydroxylation is 2. The number of aromatic nitrogens is 1. The molecule has 2 atom stereocenters. The summed E-state index contributed by atoms with van der Waals surface area (Å²) in [6.45, 7) is 8.14. The molecule has 3 aliphatic heterocycles. The molecule has 10 heteroatoms. The van der Waals surface area contributed by atoms with Gasteiger partial charge in [0.2, 0.25) is 5.91 Å². The molecule has 8 nitrogen and oxygen atoms in total. The smallest absolute Gasteiger partial charge is 0.276 e. The molecule has 0 bridgehead atoms. The predicted molar refractivity (Wildman–Crippen MR) is 126 cm³/mol. The zero-order valence-electron chi connectivity index (χ0n) is 19.7. The van der Waals surface area contributed by atoms with Crippen LogP contribution in [-0.4, -0.2) is 60.2 Å². The molecule has 5 rings (SSSR count). The molecule has 1 aromatic carbocycles. The maximum absolute atomic E-state index is 13.6. The van der Waals surface area contributed by atoms with Crippen molar-refractivity contribution in [1.29, 1.82) is 0 Å². The Morgan fingerprint density at radius 2 is 2.03 bits per heavy atom. The number of hydrogen-bond acceptors (Lipinski definition) is 6. The summed E-state index contributed by atoms with van der Waals surface area (Å²) in [7, 11) is 1.80. The molecule has 0 saturated carbocycles. The van der Waals surface area contributed by atoms with Gasteiger partial charge in [0.1, 0.15) is 5.82 Å². The maximum Gasteiger partial charge on any atom is 0.276 e. The molecular formula is C24H29FN4O4S. The van der Waals surface area contributed by atoms with Gasteiger partial charge < -0.3 is 24.3 Å². The highest BCUT2D eigenvalue weighted by atomic mass is 32.2. The van der Waals surface area contributed by atoms with Gasteiger partial charge in [-0.25, -0.2) is 4.39 Å². The minimum absolute atomic E-state index is 0.0406. The van der Waals surface area contributed by atoms with Gasteiger partial charge in [0, 0.05) is 43.5 Å². The molecule has 2 fully saturated rings. The lowest BCUT2D eigenvalue weighted by Gasteiger charge is -2.39. The highest BCUT2D eigenvalue weighted by Crippen LogP contribution is 2.42. The Balaban J connectivity index is 1.35. The number of benzene rings is 1. The highest BCUT2D eigenvalue weighted by molar-refractivity contribution is 7.97. The van der Waals surface area contributed by atoms with Crippen LogP contribution in [0.25, 0.3) is 0 Å². The van der Waals surface area contributed by atoms with Gasteiger partial charge in [0.15, 0.2) is 11.4 Å². The lowest BCUT2D eigenvalue weighted by molar-refractivity contribution is -0.168. The van der Waals surface area contributed by atoms with E-state index in [1.807, 2.05) is 18.0 Å². The molecule has 3 aliphatic rings. The SMILES string of the molecule is Cc1cc(NC(=O)c2c3c(cn2C)SN[C@@H]2CN(C(=O)C4(C)COC4)C[C@]2(C)CO3)ccc1F. The first-order valence-corrected chi connectivity index (χ1v) is 12.1. The van der Waals surface area contributed by atoms with E-state index in [0.29, 0.717) is 55.6 Å². The summed E-state index contributed by atoms with van der Waals surface area (Å²) in [5.41, 5.74) is 0.592. The van der Waals surface area contributed by atoms with E-state index < -0.39 is 5.41 Å². The number of carbonyl (C=O) groups excluding carboxylic acids is 2. The fourth-order valence-corrected chi connectivity index (χ4v) is 5.87. The van der Waals surface area contributed by atoms with E-state index in [9.17, 15) is 14.0 Å². The second-order valence-corrected chi connectivity index (χ2v) is 11.0. The average molecular weight is 489 g/mol. The van der Waals surface area contributed by atoms with Crippen LogP contribution < -0.4 is 14.8 Å². The van der Waals surface area contributed by atoms with Crippen molar-refractivity contribution in [3.63, 3.8) is 0 Å². The van der Waals surface area contributed by atoms with Crippen LogP contribution in [0.3, 0.4) is 0 Å². The molecule has 34 heavy (non-hydrogen) atoms. The van der Waals surface area contributed by atoms with Crippen molar-refractivity contribution in [2.24, 2.45) is 17.9 Å². The summed E-state index contributed by atoms with van der Waals surface area (Å²) in [5.74, 6) is -0.0380. The second kappa shape index (κ2) is 8.28. The van der Waals surface area contributed by atoms with Crippen LogP contribution in [0.4, 0.5) is 10.1 Å². The van der Waals surface area contributed by atoms with Crippen molar-refractivity contribution in [2.75, 3.05) is 38.2 Å². The summed E-state index contributed by atoms with van der Waals surface area (Å²) in [6, 6.07) is 4.51. The van der Waals surface area contributed by atoms with Gasteiger partial charge in [-0.15, -0.1) is 0 Å². The molecule has 0 radical (unpaired) electrons. The highest BCUT2D eigenvalue weighted by Gasteiger charge is 2.51. The second-order valence-electron chi connectivity index (χ2n) is 10.2. The monoisotopic (exact) mass is 488 g/mol. The number of hydrogen-bond donors (Lipinski definition) is 2. The van der Waals surface area contributed by atoms with Crippen molar-refractivity contribution in [2.45, 2.75) is 31.7 Å². The minimum Gasteiger partial charge on any atom is -0.489 e. The van der Waals surface area contributed by atoms with Crippen LogP contribution in [0.15, 0.2) is 29.3 Å². The molecule has 1 aromatic heterocycles. The van der Waals surface area contributed by atoms with E-state index in [0.717, 1.165) is 4.90 Å². The lowest BCUT2D eigenvalue weighted by Crippen LogP contribution is -2.53. The van der Waals surface area contributed by atoms with E-state index in [1.54, 1.807) is 24.6 Å².